The van der Waals surface area contributed by atoms with Crippen molar-refractivity contribution in [2.75, 3.05) is 24.5 Å². The molecule has 1 unspecified atom stereocenters. The summed E-state index contributed by atoms with van der Waals surface area (Å²) in [5.41, 5.74) is 0.573. The molecule has 1 fully saturated rings. The second-order valence-corrected chi connectivity index (χ2v) is 5.73. The molecule has 0 bridgehead atoms. The fourth-order valence-corrected chi connectivity index (χ4v) is 2.41. The van der Waals surface area contributed by atoms with Crippen LogP contribution in [0.2, 0.25) is 0 Å². The molecule has 1 atom stereocenters. The van der Waals surface area contributed by atoms with Crippen molar-refractivity contribution < 1.29 is 4.79 Å². The molecule has 0 spiro atoms. The molecule has 1 aromatic rings. The molecule has 0 saturated carbocycles. The van der Waals surface area contributed by atoms with Gasteiger partial charge in [0.05, 0.1) is 17.8 Å². The van der Waals surface area contributed by atoms with E-state index in [1.807, 2.05) is 0 Å². The van der Waals surface area contributed by atoms with E-state index in [9.17, 15) is 9.59 Å². The molecule has 2 rings (SSSR count). The van der Waals surface area contributed by atoms with E-state index in [0.29, 0.717) is 19.0 Å². The first-order valence-corrected chi connectivity index (χ1v) is 7.13. The van der Waals surface area contributed by atoms with Crippen LogP contribution in [0.3, 0.4) is 0 Å². The number of H-pyrrole nitrogens is 1. The van der Waals surface area contributed by atoms with Crippen molar-refractivity contribution >= 4 is 11.6 Å². The third kappa shape index (κ3) is 3.82. The van der Waals surface area contributed by atoms with Crippen molar-refractivity contribution in [2.24, 2.45) is 11.8 Å². The Bertz CT molecular complexity index is 512. The van der Waals surface area contributed by atoms with E-state index < -0.39 is 0 Å². The van der Waals surface area contributed by atoms with Gasteiger partial charge in [-0.2, -0.15) is 5.10 Å². The first-order valence-electron chi connectivity index (χ1n) is 7.13. The molecule has 1 aromatic heterocycles. The number of anilines is 1. The summed E-state index contributed by atoms with van der Waals surface area (Å²) in [6, 6.07) is 1.53. The highest BCUT2D eigenvalue weighted by atomic mass is 16.2. The van der Waals surface area contributed by atoms with E-state index in [4.69, 9.17) is 0 Å². The maximum atomic E-state index is 12.1. The van der Waals surface area contributed by atoms with Crippen LogP contribution in [0.25, 0.3) is 0 Å². The maximum Gasteiger partial charge on any atom is 0.266 e. The van der Waals surface area contributed by atoms with Crippen LogP contribution in [0, 0.1) is 11.8 Å². The van der Waals surface area contributed by atoms with Crippen molar-refractivity contribution in [3.63, 3.8) is 0 Å². The van der Waals surface area contributed by atoms with E-state index in [1.54, 1.807) is 6.20 Å². The second-order valence-electron chi connectivity index (χ2n) is 5.73. The maximum absolute atomic E-state index is 12.1. The lowest BCUT2D eigenvalue weighted by Gasteiger charge is -2.33. The fraction of sp³-hybridized carbons (Fsp3) is 0.643. The predicted molar refractivity (Wildman–Crippen MR) is 77.6 cm³/mol. The molecule has 6 nitrogen and oxygen atoms in total. The smallest absolute Gasteiger partial charge is 0.266 e. The monoisotopic (exact) mass is 278 g/mol. The van der Waals surface area contributed by atoms with Crippen molar-refractivity contribution in [1.29, 1.82) is 0 Å². The summed E-state index contributed by atoms with van der Waals surface area (Å²) in [5.74, 6) is 0.554. The molecule has 1 aliphatic heterocycles. The van der Waals surface area contributed by atoms with E-state index in [1.165, 1.54) is 6.07 Å². The summed E-state index contributed by atoms with van der Waals surface area (Å²) < 4.78 is 0. The van der Waals surface area contributed by atoms with Gasteiger partial charge in [-0.3, -0.25) is 9.59 Å². The Morgan fingerprint density at radius 3 is 3.10 bits per heavy atom. The van der Waals surface area contributed by atoms with Crippen LogP contribution in [0.5, 0.6) is 0 Å². The first-order chi connectivity index (χ1) is 9.56. The van der Waals surface area contributed by atoms with E-state index in [0.717, 1.165) is 25.1 Å². The molecule has 6 heteroatoms. The lowest BCUT2D eigenvalue weighted by atomic mass is 9.96. The lowest BCUT2D eigenvalue weighted by Crippen LogP contribution is -2.44. The van der Waals surface area contributed by atoms with Gasteiger partial charge in [0, 0.05) is 25.7 Å². The van der Waals surface area contributed by atoms with Crippen LogP contribution in [0.15, 0.2) is 17.1 Å². The van der Waals surface area contributed by atoms with Crippen molar-refractivity contribution in [2.45, 2.75) is 26.7 Å². The van der Waals surface area contributed by atoms with Gasteiger partial charge in [0.2, 0.25) is 5.91 Å². The highest BCUT2D eigenvalue weighted by molar-refractivity contribution is 5.79. The summed E-state index contributed by atoms with van der Waals surface area (Å²) in [5, 5.41) is 9.16. The number of nitrogens with one attached hydrogen (secondary N) is 2. The van der Waals surface area contributed by atoms with Crippen LogP contribution in [-0.2, 0) is 4.79 Å². The van der Waals surface area contributed by atoms with Gasteiger partial charge in [-0.25, -0.2) is 5.10 Å². The SMILES string of the molecule is CC(C)CNC(=O)C1CCCN(c2cn[nH]c(=O)c2)C1. The Balaban J connectivity index is 1.98. The molecule has 0 radical (unpaired) electrons. The highest BCUT2D eigenvalue weighted by Crippen LogP contribution is 2.21. The van der Waals surface area contributed by atoms with Crippen LogP contribution < -0.4 is 15.8 Å². The summed E-state index contributed by atoms with van der Waals surface area (Å²) >= 11 is 0. The summed E-state index contributed by atoms with van der Waals surface area (Å²) in [6.07, 6.45) is 3.49. The zero-order chi connectivity index (χ0) is 14.5. The number of carbonyl (C=O) groups is 1. The largest absolute Gasteiger partial charge is 0.369 e. The van der Waals surface area contributed by atoms with Crippen molar-refractivity contribution in [3.8, 4) is 0 Å². The number of piperidine rings is 1. The Morgan fingerprint density at radius 2 is 2.40 bits per heavy atom. The summed E-state index contributed by atoms with van der Waals surface area (Å²) in [7, 11) is 0. The molecule has 1 saturated heterocycles. The quantitative estimate of drug-likeness (QED) is 0.852. The minimum atomic E-state index is -0.214. The number of carbonyl (C=O) groups excluding carboxylic acids is 1. The molecule has 20 heavy (non-hydrogen) atoms. The molecule has 0 aromatic carbocycles. The van der Waals surface area contributed by atoms with Crippen molar-refractivity contribution in [3.05, 3.63) is 22.6 Å². The Morgan fingerprint density at radius 1 is 1.60 bits per heavy atom. The number of aromatic amines is 1. The van der Waals surface area contributed by atoms with Crippen LogP contribution >= 0.6 is 0 Å². The van der Waals surface area contributed by atoms with Crippen LogP contribution in [0.1, 0.15) is 26.7 Å². The number of amides is 1. The predicted octanol–water partition coefficient (Wildman–Crippen LogP) is 0.758. The molecular weight excluding hydrogens is 256 g/mol. The normalized spacial score (nSPS) is 19.1. The molecule has 1 amide bonds. The van der Waals surface area contributed by atoms with E-state index in [2.05, 4.69) is 34.3 Å². The van der Waals surface area contributed by atoms with Crippen LogP contribution in [0.4, 0.5) is 5.69 Å². The second kappa shape index (κ2) is 6.54. The molecule has 0 aliphatic carbocycles. The van der Waals surface area contributed by atoms with E-state index in [-0.39, 0.29) is 17.4 Å². The highest BCUT2D eigenvalue weighted by Gasteiger charge is 2.26. The number of hydrogen-bond donors (Lipinski definition) is 2. The van der Waals surface area contributed by atoms with Gasteiger partial charge in [0.25, 0.3) is 5.56 Å². The third-order valence-electron chi connectivity index (χ3n) is 3.49. The number of rotatable bonds is 4. The van der Waals surface area contributed by atoms with Gasteiger partial charge in [0.1, 0.15) is 0 Å². The minimum Gasteiger partial charge on any atom is -0.369 e. The molecule has 2 heterocycles. The molecule has 110 valence electrons. The Kier molecular flexibility index (Phi) is 4.76. The number of aromatic nitrogens is 2. The lowest BCUT2D eigenvalue weighted by molar-refractivity contribution is -0.125. The van der Waals surface area contributed by atoms with Crippen LogP contribution in [-0.4, -0.2) is 35.7 Å². The first kappa shape index (κ1) is 14.6. The topological polar surface area (TPSA) is 78.1 Å². The van der Waals surface area contributed by atoms with Gasteiger partial charge >= 0.3 is 0 Å². The number of hydrogen-bond acceptors (Lipinski definition) is 4. The van der Waals surface area contributed by atoms with E-state index >= 15 is 0 Å². The Labute approximate surface area is 118 Å². The average Bonchev–Trinajstić information content (AvgIpc) is 2.45. The van der Waals surface area contributed by atoms with Gasteiger partial charge < -0.3 is 10.2 Å². The van der Waals surface area contributed by atoms with Gasteiger partial charge in [-0.1, -0.05) is 13.8 Å². The Hall–Kier alpha value is -1.85. The minimum absolute atomic E-state index is 0.0122. The number of nitrogens with zero attached hydrogens (tertiary/aromatic N) is 2. The molecule has 2 N–H and O–H groups in total. The molecular formula is C14H22N4O2. The molecule has 1 aliphatic rings. The zero-order valence-corrected chi connectivity index (χ0v) is 12.1. The summed E-state index contributed by atoms with van der Waals surface area (Å²) in [4.78, 5) is 25.5. The van der Waals surface area contributed by atoms with Gasteiger partial charge in [-0.05, 0) is 18.8 Å². The third-order valence-corrected chi connectivity index (χ3v) is 3.49. The average molecular weight is 278 g/mol. The van der Waals surface area contributed by atoms with Crippen molar-refractivity contribution in [1.82, 2.24) is 15.5 Å². The zero-order valence-electron chi connectivity index (χ0n) is 12.1. The fourth-order valence-electron chi connectivity index (χ4n) is 2.41. The van der Waals surface area contributed by atoms with Gasteiger partial charge in [0.15, 0.2) is 0 Å². The standard InChI is InChI=1S/C14H22N4O2/c1-10(2)7-15-14(20)11-4-3-5-18(9-11)12-6-13(19)17-16-8-12/h6,8,10-11H,3-5,7,9H2,1-2H3,(H,15,20)(H,17,19). The van der Waals surface area contributed by atoms with Gasteiger partial charge in [-0.15, -0.1) is 0 Å². The summed E-state index contributed by atoms with van der Waals surface area (Å²) in [6.45, 7) is 6.38.